The highest BCUT2D eigenvalue weighted by molar-refractivity contribution is 6.30. The first kappa shape index (κ1) is 26.8. The van der Waals surface area contributed by atoms with E-state index in [0.29, 0.717) is 18.1 Å². The summed E-state index contributed by atoms with van der Waals surface area (Å²) in [5.41, 5.74) is 7.23. The monoisotopic (exact) mass is 542 g/mol. The number of hydrogen-bond acceptors (Lipinski definition) is 7. The molecule has 3 heterocycles. The summed E-state index contributed by atoms with van der Waals surface area (Å²) in [5, 5.41) is 10.0. The van der Waals surface area contributed by atoms with E-state index in [1.807, 2.05) is 39.2 Å². The van der Waals surface area contributed by atoms with Crippen molar-refractivity contribution >= 4 is 23.7 Å². The molecule has 1 aromatic heterocycles. The Bertz CT molecular complexity index is 1270. The fourth-order valence-corrected chi connectivity index (χ4v) is 5.89. The number of nitrogens with zero attached hydrogens (tertiary/aromatic N) is 7. The smallest absolute Gasteiger partial charge is 0.242 e. The van der Waals surface area contributed by atoms with Gasteiger partial charge < -0.3 is 10.6 Å². The van der Waals surface area contributed by atoms with E-state index < -0.39 is 11.4 Å². The normalized spacial score (nSPS) is 21.4. The van der Waals surface area contributed by atoms with Crippen LogP contribution in [0.15, 0.2) is 34.7 Å². The number of hydrogen-bond donors (Lipinski definition) is 1. The lowest BCUT2D eigenvalue weighted by molar-refractivity contribution is -0.136. The molecule has 0 bridgehead atoms. The third-order valence-electron chi connectivity index (χ3n) is 8.07. The molecular formula is C27H36ClFN8O. The average Bonchev–Trinajstić information content (AvgIpc) is 3.63. The van der Waals surface area contributed by atoms with Crippen molar-refractivity contribution in [2.45, 2.75) is 70.2 Å². The van der Waals surface area contributed by atoms with Crippen LogP contribution < -0.4 is 5.73 Å². The van der Waals surface area contributed by atoms with Gasteiger partial charge in [-0.15, -0.1) is 10.2 Å². The summed E-state index contributed by atoms with van der Waals surface area (Å²) in [6.45, 7) is 6.30. The number of aliphatic imine (C=N–C) groups is 1. The van der Waals surface area contributed by atoms with Crippen LogP contribution in [0.25, 0.3) is 5.69 Å². The van der Waals surface area contributed by atoms with Gasteiger partial charge in [0.15, 0.2) is 11.7 Å². The first-order valence-corrected chi connectivity index (χ1v) is 13.6. The Balaban J connectivity index is 1.40. The number of likely N-dealkylation sites (N-methyl/N-ethyl adjacent to an activating group) is 1. The fourth-order valence-electron chi connectivity index (χ4n) is 5.69. The highest BCUT2D eigenvalue weighted by atomic mass is 35.5. The van der Waals surface area contributed by atoms with Crippen molar-refractivity contribution in [1.82, 2.24) is 29.5 Å². The summed E-state index contributed by atoms with van der Waals surface area (Å²) >= 11 is 6.43. The van der Waals surface area contributed by atoms with Gasteiger partial charge >= 0.3 is 0 Å². The number of nitrogens with two attached hydrogens (primary N) is 1. The number of likely N-dealkylation sites (tertiary alicyclic amines) is 1. The van der Waals surface area contributed by atoms with Gasteiger partial charge in [-0.1, -0.05) is 11.6 Å². The molecule has 1 aliphatic carbocycles. The van der Waals surface area contributed by atoms with E-state index in [1.165, 1.54) is 13.1 Å². The van der Waals surface area contributed by atoms with E-state index in [4.69, 9.17) is 22.4 Å². The molecule has 3 aliphatic rings. The molecule has 5 rings (SSSR count). The van der Waals surface area contributed by atoms with Crippen molar-refractivity contribution in [3.05, 3.63) is 52.0 Å². The Morgan fingerprint density at radius 2 is 1.97 bits per heavy atom. The molecule has 1 aromatic carbocycles. The van der Waals surface area contributed by atoms with Crippen LogP contribution in [0.1, 0.15) is 62.7 Å². The van der Waals surface area contributed by atoms with Crippen molar-refractivity contribution in [3.63, 3.8) is 0 Å². The van der Waals surface area contributed by atoms with Gasteiger partial charge in [0, 0.05) is 50.4 Å². The second-order valence-corrected chi connectivity index (χ2v) is 11.4. The van der Waals surface area contributed by atoms with Gasteiger partial charge in [-0.3, -0.25) is 24.2 Å². The second kappa shape index (κ2) is 10.4. The van der Waals surface area contributed by atoms with Crippen LogP contribution in [0.4, 0.5) is 4.39 Å². The number of aromatic nitrogens is 3. The Hall–Kier alpha value is -2.82. The minimum Gasteiger partial charge on any atom is -0.400 e. The van der Waals surface area contributed by atoms with Gasteiger partial charge in [-0.2, -0.15) is 0 Å². The highest BCUT2D eigenvalue weighted by Gasteiger charge is 2.56. The maximum Gasteiger partial charge on any atom is 0.242 e. The molecule has 1 saturated carbocycles. The summed E-state index contributed by atoms with van der Waals surface area (Å²) in [6.07, 6.45) is 4.53. The Labute approximate surface area is 228 Å². The number of allylic oxidation sites excluding steroid dienone is 2. The zero-order valence-corrected chi connectivity index (χ0v) is 23.2. The van der Waals surface area contributed by atoms with Gasteiger partial charge in [0.05, 0.1) is 24.6 Å². The van der Waals surface area contributed by atoms with Crippen molar-refractivity contribution < 1.29 is 9.18 Å². The summed E-state index contributed by atoms with van der Waals surface area (Å²) in [4.78, 5) is 23.7. The molecule has 2 fully saturated rings. The van der Waals surface area contributed by atoms with E-state index in [9.17, 15) is 9.18 Å². The molecule has 0 spiro atoms. The van der Waals surface area contributed by atoms with Crippen LogP contribution in [0, 0.1) is 0 Å². The van der Waals surface area contributed by atoms with Crippen LogP contribution in [0.2, 0.25) is 5.02 Å². The van der Waals surface area contributed by atoms with Gasteiger partial charge in [0.2, 0.25) is 5.91 Å². The number of halogens is 2. The third kappa shape index (κ3) is 4.97. The van der Waals surface area contributed by atoms with E-state index in [0.717, 1.165) is 61.7 Å². The van der Waals surface area contributed by atoms with Gasteiger partial charge in [-0.05, 0) is 63.3 Å². The molecule has 1 atom stereocenters. The van der Waals surface area contributed by atoms with E-state index in [-0.39, 0.29) is 23.7 Å². The van der Waals surface area contributed by atoms with Crippen molar-refractivity contribution in [2.24, 2.45) is 10.7 Å². The predicted octanol–water partition coefficient (Wildman–Crippen LogP) is 3.61. The van der Waals surface area contributed by atoms with Gasteiger partial charge in [0.1, 0.15) is 11.4 Å². The number of fused-ring (bicyclic) bond motifs is 3. The molecule has 9 nitrogen and oxygen atoms in total. The second-order valence-electron chi connectivity index (χ2n) is 10.9. The topological polar surface area (TPSA) is 95.9 Å². The minimum atomic E-state index is -0.497. The number of amides is 1. The van der Waals surface area contributed by atoms with Crippen molar-refractivity contribution in [3.8, 4) is 5.69 Å². The predicted molar refractivity (Wildman–Crippen MR) is 146 cm³/mol. The Morgan fingerprint density at radius 3 is 2.61 bits per heavy atom. The maximum absolute atomic E-state index is 13.8. The van der Waals surface area contributed by atoms with Crippen LogP contribution in [-0.2, 0) is 17.9 Å². The maximum atomic E-state index is 13.8. The molecule has 11 heteroatoms. The largest absolute Gasteiger partial charge is 0.400 e. The lowest BCUT2D eigenvalue weighted by atomic mass is 9.95. The summed E-state index contributed by atoms with van der Waals surface area (Å²) < 4.78 is 16.0. The Kier molecular flexibility index (Phi) is 7.32. The van der Waals surface area contributed by atoms with Crippen LogP contribution in [-0.4, -0.2) is 80.5 Å². The zero-order valence-electron chi connectivity index (χ0n) is 22.5. The number of piperidine rings is 1. The number of benzene rings is 1. The van der Waals surface area contributed by atoms with Crippen LogP contribution >= 0.6 is 11.6 Å². The quantitative estimate of drug-likeness (QED) is 0.560. The average molecular weight is 543 g/mol. The minimum absolute atomic E-state index is 0.131. The van der Waals surface area contributed by atoms with E-state index in [1.54, 1.807) is 4.90 Å². The van der Waals surface area contributed by atoms with E-state index >= 15 is 0 Å². The number of carbonyl (C=O) groups is 1. The van der Waals surface area contributed by atoms with Crippen LogP contribution in [0.5, 0.6) is 0 Å². The first-order valence-electron chi connectivity index (χ1n) is 13.2. The lowest BCUT2D eigenvalue weighted by Crippen LogP contribution is -2.48. The molecule has 2 aromatic rings. The SMILES string of the molecule is C/C(N)=C(F)/C=N\C(C)N1CCC(c2nnc3n2-c2ccc(Cl)cc2CN(C2(C(=O)N(C)C)CC2)C3)CC1. The van der Waals surface area contributed by atoms with Crippen LogP contribution in [0.3, 0.4) is 0 Å². The molecular weight excluding hydrogens is 507 g/mol. The summed E-state index contributed by atoms with van der Waals surface area (Å²) in [6, 6.07) is 5.94. The Morgan fingerprint density at radius 1 is 1.26 bits per heavy atom. The third-order valence-corrected chi connectivity index (χ3v) is 8.30. The van der Waals surface area contributed by atoms with Gasteiger partial charge in [-0.25, -0.2) is 4.39 Å². The molecule has 2 N–H and O–H groups in total. The van der Waals surface area contributed by atoms with Gasteiger partial charge in [0.25, 0.3) is 0 Å². The molecule has 0 radical (unpaired) electrons. The summed E-state index contributed by atoms with van der Waals surface area (Å²) in [7, 11) is 3.63. The molecule has 1 saturated heterocycles. The zero-order chi connectivity index (χ0) is 27.2. The molecule has 2 aliphatic heterocycles. The van der Waals surface area contributed by atoms with E-state index in [2.05, 4.69) is 24.5 Å². The highest BCUT2D eigenvalue weighted by Crippen LogP contribution is 2.46. The summed E-state index contributed by atoms with van der Waals surface area (Å²) in [5.74, 6) is 1.65. The first-order chi connectivity index (χ1) is 18.1. The molecule has 38 heavy (non-hydrogen) atoms. The van der Waals surface area contributed by atoms with Crippen molar-refractivity contribution in [1.29, 1.82) is 0 Å². The molecule has 1 unspecified atom stereocenters. The van der Waals surface area contributed by atoms with Crippen molar-refractivity contribution in [2.75, 3.05) is 27.2 Å². The fraction of sp³-hybridized carbons (Fsp3) is 0.556. The molecule has 1 amide bonds. The lowest BCUT2D eigenvalue weighted by Gasteiger charge is -2.34. The standard InChI is InChI=1S/C27H36ClFN8O/c1-17(30)22(29)14-31-18(2)35-11-7-19(8-12-35)25-33-32-24-16-36(27(9-10-27)26(38)34(3)4)15-20-13-21(28)5-6-23(20)37(24)25/h5-6,13-14,18-19H,7-12,15-16,30H2,1-4H3/b22-17+,31-14-. The number of carbonyl (C=O) groups excluding carboxylic acids is 1. The number of rotatable bonds is 6. The molecule has 204 valence electrons.